The molecule has 0 spiro atoms. The van der Waals surface area contributed by atoms with Gasteiger partial charge in [0.05, 0.1) is 35.8 Å². The lowest BCUT2D eigenvalue weighted by Gasteiger charge is -2.21. The van der Waals surface area contributed by atoms with Crippen LogP contribution in [0.25, 0.3) is 0 Å². The molecule has 0 bridgehead atoms. The Morgan fingerprint density at radius 3 is 2.53 bits per heavy atom. The number of aromatic nitrogens is 1. The minimum Gasteiger partial charge on any atom is -0.497 e. The maximum absolute atomic E-state index is 12.7. The van der Waals surface area contributed by atoms with Gasteiger partial charge in [-0.3, -0.25) is 9.78 Å². The topological polar surface area (TPSA) is 122 Å². The van der Waals surface area contributed by atoms with Crippen LogP contribution >= 0.6 is 0 Å². The third-order valence-electron chi connectivity index (χ3n) is 5.11. The quantitative estimate of drug-likeness (QED) is 0.360. The highest BCUT2D eigenvalue weighted by atomic mass is 16.5. The number of para-hydroxylation sites is 2. The number of hydrogen-bond acceptors (Lipinski definition) is 6. The SMILES string of the molecule is COc1cccc(NC(=O)NC(CCN(C)C)c2ccc(C(=O)Nc3ccccc3N)cn2)c1. The number of carbonyl (C=O) groups excluding carboxylic acids is 2. The smallest absolute Gasteiger partial charge is 0.319 e. The van der Waals surface area contributed by atoms with E-state index in [2.05, 4.69) is 20.9 Å². The van der Waals surface area contributed by atoms with E-state index in [-0.39, 0.29) is 18.0 Å². The first kappa shape index (κ1) is 24.5. The fourth-order valence-corrected chi connectivity index (χ4v) is 3.26. The van der Waals surface area contributed by atoms with Crippen LogP contribution in [0.5, 0.6) is 5.75 Å². The fraction of sp³-hybridized carbons (Fsp3) is 0.240. The molecule has 9 nitrogen and oxygen atoms in total. The summed E-state index contributed by atoms with van der Waals surface area (Å²) in [6.07, 6.45) is 2.13. The van der Waals surface area contributed by atoms with Crippen molar-refractivity contribution in [3.63, 3.8) is 0 Å². The van der Waals surface area contributed by atoms with Crippen LogP contribution in [0.3, 0.4) is 0 Å². The predicted molar refractivity (Wildman–Crippen MR) is 134 cm³/mol. The van der Waals surface area contributed by atoms with E-state index in [0.29, 0.717) is 40.5 Å². The highest BCUT2D eigenvalue weighted by molar-refractivity contribution is 6.05. The fourth-order valence-electron chi connectivity index (χ4n) is 3.26. The number of rotatable bonds is 9. The van der Waals surface area contributed by atoms with Crippen LogP contribution in [-0.4, -0.2) is 49.6 Å². The van der Waals surface area contributed by atoms with Crippen LogP contribution < -0.4 is 26.4 Å². The van der Waals surface area contributed by atoms with Gasteiger partial charge in [0.15, 0.2) is 0 Å². The normalized spacial score (nSPS) is 11.5. The van der Waals surface area contributed by atoms with Gasteiger partial charge in [0, 0.05) is 18.0 Å². The molecule has 178 valence electrons. The molecule has 1 heterocycles. The van der Waals surface area contributed by atoms with Crippen molar-refractivity contribution in [3.8, 4) is 5.75 Å². The molecule has 0 aliphatic carbocycles. The van der Waals surface area contributed by atoms with Gasteiger partial charge < -0.3 is 31.3 Å². The number of urea groups is 1. The van der Waals surface area contributed by atoms with E-state index in [9.17, 15) is 9.59 Å². The van der Waals surface area contributed by atoms with Gasteiger partial charge in [-0.15, -0.1) is 0 Å². The molecule has 0 radical (unpaired) electrons. The number of hydrogen-bond donors (Lipinski definition) is 4. The molecular formula is C25H30N6O3. The number of benzene rings is 2. The molecule has 9 heteroatoms. The Balaban J connectivity index is 1.70. The third kappa shape index (κ3) is 6.94. The Labute approximate surface area is 199 Å². The van der Waals surface area contributed by atoms with Gasteiger partial charge in [-0.25, -0.2) is 4.79 Å². The number of carbonyl (C=O) groups is 2. The number of methoxy groups -OCH3 is 1. The first-order valence-corrected chi connectivity index (χ1v) is 10.8. The summed E-state index contributed by atoms with van der Waals surface area (Å²) < 4.78 is 5.20. The van der Waals surface area contributed by atoms with Gasteiger partial charge >= 0.3 is 6.03 Å². The number of pyridine rings is 1. The average Bonchev–Trinajstić information content (AvgIpc) is 2.83. The van der Waals surface area contributed by atoms with Gasteiger partial charge in [0.25, 0.3) is 5.91 Å². The molecule has 3 rings (SSSR count). The zero-order valence-electron chi connectivity index (χ0n) is 19.5. The van der Waals surface area contributed by atoms with E-state index < -0.39 is 0 Å². The minimum absolute atomic E-state index is 0.314. The molecule has 0 saturated carbocycles. The number of nitrogens with one attached hydrogen (secondary N) is 3. The summed E-state index contributed by atoms with van der Waals surface area (Å²) in [4.78, 5) is 31.7. The highest BCUT2D eigenvalue weighted by Gasteiger charge is 2.18. The zero-order valence-corrected chi connectivity index (χ0v) is 19.5. The van der Waals surface area contributed by atoms with Crippen molar-refractivity contribution >= 4 is 29.0 Å². The number of ether oxygens (including phenoxy) is 1. The molecule has 0 aliphatic heterocycles. The van der Waals surface area contributed by atoms with Gasteiger partial charge in [0.1, 0.15) is 5.75 Å². The standard InChI is InChI=1S/C25H30N6O3/c1-31(2)14-13-23(30-25(33)28-18-7-6-8-19(15-18)34-3)22-12-11-17(16-27-22)24(32)29-21-10-5-4-9-20(21)26/h4-12,15-16,23H,13-14,26H2,1-3H3,(H,29,32)(H2,28,30,33). The number of anilines is 3. The third-order valence-corrected chi connectivity index (χ3v) is 5.11. The largest absolute Gasteiger partial charge is 0.497 e. The Bertz CT molecular complexity index is 1120. The summed E-state index contributed by atoms with van der Waals surface area (Å²) in [7, 11) is 5.49. The van der Waals surface area contributed by atoms with E-state index in [1.165, 1.54) is 6.20 Å². The number of nitrogen functional groups attached to an aromatic ring is 1. The molecule has 0 aliphatic rings. The maximum Gasteiger partial charge on any atom is 0.319 e. The summed E-state index contributed by atoms with van der Waals surface area (Å²) in [6, 6.07) is 16.9. The van der Waals surface area contributed by atoms with E-state index >= 15 is 0 Å². The summed E-state index contributed by atoms with van der Waals surface area (Å²) in [5.74, 6) is 0.334. The van der Waals surface area contributed by atoms with Crippen molar-refractivity contribution in [1.29, 1.82) is 0 Å². The molecule has 3 amide bonds. The summed E-state index contributed by atoms with van der Waals surface area (Å²) >= 11 is 0. The number of amides is 3. The molecule has 0 saturated heterocycles. The first-order valence-electron chi connectivity index (χ1n) is 10.8. The van der Waals surface area contributed by atoms with Crippen LogP contribution in [0, 0.1) is 0 Å². The summed E-state index contributed by atoms with van der Waals surface area (Å²) in [6.45, 7) is 0.737. The molecular weight excluding hydrogens is 432 g/mol. The Kier molecular flexibility index (Phi) is 8.42. The van der Waals surface area contributed by atoms with E-state index in [0.717, 1.165) is 6.54 Å². The van der Waals surface area contributed by atoms with Crippen molar-refractivity contribution in [2.24, 2.45) is 0 Å². The van der Waals surface area contributed by atoms with Gasteiger partial charge in [-0.1, -0.05) is 18.2 Å². The number of nitrogens with zero attached hydrogens (tertiary/aromatic N) is 2. The van der Waals surface area contributed by atoms with Crippen molar-refractivity contribution in [1.82, 2.24) is 15.2 Å². The second-order valence-corrected chi connectivity index (χ2v) is 7.99. The second-order valence-electron chi connectivity index (χ2n) is 7.99. The summed E-state index contributed by atoms with van der Waals surface area (Å²) in [5.41, 5.74) is 8.57. The zero-order chi connectivity index (χ0) is 24.5. The van der Waals surface area contributed by atoms with E-state index in [1.807, 2.05) is 19.0 Å². The van der Waals surface area contributed by atoms with Crippen LogP contribution in [0.4, 0.5) is 21.9 Å². The van der Waals surface area contributed by atoms with E-state index in [4.69, 9.17) is 10.5 Å². The average molecular weight is 463 g/mol. The lowest BCUT2D eigenvalue weighted by atomic mass is 10.1. The van der Waals surface area contributed by atoms with Gasteiger partial charge in [0.2, 0.25) is 0 Å². The predicted octanol–water partition coefficient (Wildman–Crippen LogP) is 3.74. The van der Waals surface area contributed by atoms with Crippen LogP contribution in [0.1, 0.15) is 28.5 Å². The van der Waals surface area contributed by atoms with E-state index in [1.54, 1.807) is 67.8 Å². The van der Waals surface area contributed by atoms with Crippen LogP contribution in [0.15, 0.2) is 66.9 Å². The Hall–Kier alpha value is -4.11. The number of nitrogens with two attached hydrogens (primary N) is 1. The minimum atomic E-state index is -0.361. The monoisotopic (exact) mass is 462 g/mol. The van der Waals surface area contributed by atoms with Crippen molar-refractivity contribution in [2.75, 3.05) is 44.1 Å². The molecule has 34 heavy (non-hydrogen) atoms. The first-order chi connectivity index (χ1) is 16.4. The van der Waals surface area contributed by atoms with Crippen molar-refractivity contribution in [3.05, 3.63) is 78.1 Å². The van der Waals surface area contributed by atoms with Crippen molar-refractivity contribution < 1.29 is 14.3 Å². The molecule has 3 aromatic rings. The Morgan fingerprint density at radius 1 is 1.06 bits per heavy atom. The molecule has 1 unspecified atom stereocenters. The molecule has 0 fully saturated rings. The lowest BCUT2D eigenvalue weighted by molar-refractivity contribution is 0.102. The molecule has 5 N–H and O–H groups in total. The molecule has 1 aromatic heterocycles. The lowest BCUT2D eigenvalue weighted by Crippen LogP contribution is -2.34. The highest BCUT2D eigenvalue weighted by Crippen LogP contribution is 2.20. The van der Waals surface area contributed by atoms with Crippen LogP contribution in [-0.2, 0) is 0 Å². The maximum atomic E-state index is 12.7. The van der Waals surface area contributed by atoms with Gasteiger partial charge in [-0.05, 0) is 63.5 Å². The van der Waals surface area contributed by atoms with Gasteiger partial charge in [-0.2, -0.15) is 0 Å². The summed E-state index contributed by atoms with van der Waals surface area (Å²) in [5, 5.41) is 8.58. The molecule has 1 atom stereocenters. The van der Waals surface area contributed by atoms with Crippen molar-refractivity contribution in [2.45, 2.75) is 12.5 Å². The van der Waals surface area contributed by atoms with Crippen LogP contribution in [0.2, 0.25) is 0 Å². The second kappa shape index (κ2) is 11.7. The Morgan fingerprint density at radius 2 is 1.85 bits per heavy atom. The molecule has 2 aromatic carbocycles.